The predicted molar refractivity (Wildman–Crippen MR) is 121 cm³/mol. The fourth-order valence-electron chi connectivity index (χ4n) is 4.22. The van der Waals surface area contributed by atoms with E-state index in [1.54, 1.807) is 43.3 Å². The number of anilines is 1. The number of para-hydroxylation sites is 1. The van der Waals surface area contributed by atoms with E-state index in [9.17, 15) is 9.50 Å². The van der Waals surface area contributed by atoms with Gasteiger partial charge in [0.25, 0.3) is 0 Å². The van der Waals surface area contributed by atoms with Crippen molar-refractivity contribution in [1.29, 1.82) is 0 Å². The van der Waals surface area contributed by atoms with E-state index in [-0.39, 0.29) is 5.82 Å². The number of aromatic nitrogens is 2. The molecule has 7 nitrogen and oxygen atoms in total. The Morgan fingerprint density at radius 3 is 2.53 bits per heavy atom. The van der Waals surface area contributed by atoms with E-state index in [1.165, 1.54) is 6.07 Å². The van der Waals surface area contributed by atoms with E-state index in [1.807, 2.05) is 30.1 Å². The third kappa shape index (κ3) is 4.42. The van der Waals surface area contributed by atoms with Gasteiger partial charge in [0.15, 0.2) is 0 Å². The first-order valence-corrected chi connectivity index (χ1v) is 10.6. The molecule has 1 N–H and O–H groups in total. The SMILES string of the molecule is COc1ccc(CN2CCN(c3c(F)cccc3C(O)c3nccn3C)CC2)c(OC)c1. The minimum Gasteiger partial charge on any atom is -0.497 e. The Hall–Kier alpha value is -3.10. The maximum Gasteiger partial charge on any atom is 0.146 e. The fraction of sp³-hybridized carbons (Fsp3) is 0.375. The zero-order valence-corrected chi connectivity index (χ0v) is 18.7. The summed E-state index contributed by atoms with van der Waals surface area (Å²) in [5, 5.41) is 10.9. The van der Waals surface area contributed by atoms with Crippen molar-refractivity contribution in [3.63, 3.8) is 0 Å². The molecule has 0 bridgehead atoms. The van der Waals surface area contributed by atoms with Gasteiger partial charge in [-0.25, -0.2) is 9.37 Å². The first kappa shape index (κ1) is 22.1. The molecule has 1 aliphatic heterocycles. The van der Waals surface area contributed by atoms with Crippen LogP contribution >= 0.6 is 0 Å². The second-order valence-corrected chi connectivity index (χ2v) is 7.92. The van der Waals surface area contributed by atoms with Crippen molar-refractivity contribution < 1.29 is 19.0 Å². The number of aliphatic hydroxyl groups excluding tert-OH is 1. The van der Waals surface area contributed by atoms with Crippen LogP contribution in [0.1, 0.15) is 23.1 Å². The summed E-state index contributed by atoms with van der Waals surface area (Å²) in [6, 6.07) is 10.7. The molecule has 1 fully saturated rings. The van der Waals surface area contributed by atoms with Gasteiger partial charge in [0, 0.05) is 69.4 Å². The van der Waals surface area contributed by atoms with Crippen LogP contribution in [0.25, 0.3) is 0 Å². The van der Waals surface area contributed by atoms with Crippen LogP contribution in [-0.2, 0) is 13.6 Å². The number of nitrogens with zero attached hydrogens (tertiary/aromatic N) is 4. The highest BCUT2D eigenvalue weighted by molar-refractivity contribution is 5.57. The number of hydrogen-bond donors (Lipinski definition) is 1. The van der Waals surface area contributed by atoms with Gasteiger partial charge < -0.3 is 24.0 Å². The first-order chi connectivity index (χ1) is 15.5. The van der Waals surface area contributed by atoms with Crippen LogP contribution in [0.3, 0.4) is 0 Å². The summed E-state index contributed by atoms with van der Waals surface area (Å²) in [6.45, 7) is 3.57. The van der Waals surface area contributed by atoms with Crippen molar-refractivity contribution in [1.82, 2.24) is 14.5 Å². The average molecular weight is 441 g/mol. The van der Waals surface area contributed by atoms with Gasteiger partial charge >= 0.3 is 0 Å². The van der Waals surface area contributed by atoms with Crippen LogP contribution in [0.5, 0.6) is 11.5 Å². The van der Waals surface area contributed by atoms with E-state index in [0.29, 0.717) is 30.2 Å². The van der Waals surface area contributed by atoms with Crippen molar-refractivity contribution in [2.24, 2.45) is 7.05 Å². The Balaban J connectivity index is 1.49. The molecule has 1 unspecified atom stereocenters. The Bertz CT molecular complexity index is 1060. The number of halogens is 1. The predicted octanol–water partition coefficient (Wildman–Crippen LogP) is 2.98. The number of hydrogen-bond acceptors (Lipinski definition) is 6. The minimum absolute atomic E-state index is 0.332. The van der Waals surface area contributed by atoms with Gasteiger partial charge in [-0.15, -0.1) is 0 Å². The number of piperazine rings is 1. The number of aliphatic hydroxyl groups is 1. The van der Waals surface area contributed by atoms with Crippen molar-refractivity contribution in [2.45, 2.75) is 12.6 Å². The van der Waals surface area contributed by atoms with Gasteiger partial charge in [-0.3, -0.25) is 4.90 Å². The van der Waals surface area contributed by atoms with Crippen LogP contribution in [0.15, 0.2) is 48.8 Å². The molecule has 2 heterocycles. The van der Waals surface area contributed by atoms with Crippen molar-refractivity contribution >= 4 is 5.69 Å². The quantitative estimate of drug-likeness (QED) is 0.610. The number of imidazole rings is 1. The van der Waals surface area contributed by atoms with E-state index in [4.69, 9.17) is 9.47 Å². The molecular formula is C24H29FN4O3. The highest BCUT2D eigenvalue weighted by Gasteiger charge is 2.27. The summed E-state index contributed by atoms with van der Waals surface area (Å²) in [5.74, 6) is 1.71. The largest absolute Gasteiger partial charge is 0.497 e. The van der Waals surface area contributed by atoms with Crippen molar-refractivity contribution in [2.75, 3.05) is 45.3 Å². The molecule has 1 aliphatic rings. The zero-order valence-electron chi connectivity index (χ0n) is 18.7. The Kier molecular flexibility index (Phi) is 6.62. The average Bonchev–Trinajstić information content (AvgIpc) is 3.25. The van der Waals surface area contributed by atoms with Gasteiger partial charge in [0.1, 0.15) is 29.2 Å². The van der Waals surface area contributed by atoms with Crippen LogP contribution in [0.2, 0.25) is 0 Å². The summed E-state index contributed by atoms with van der Waals surface area (Å²) >= 11 is 0. The molecule has 32 heavy (non-hydrogen) atoms. The molecule has 1 aromatic heterocycles. The standard InChI is InChI=1S/C24H29FN4O3/c1-27-10-9-26-24(27)23(30)19-5-4-6-20(25)22(19)29-13-11-28(12-14-29)16-17-7-8-18(31-2)15-21(17)32-3/h4-10,15,23,30H,11-14,16H2,1-3H3. The Labute approximate surface area is 187 Å². The van der Waals surface area contributed by atoms with Crippen LogP contribution in [-0.4, -0.2) is 60.0 Å². The number of benzene rings is 2. The van der Waals surface area contributed by atoms with Crippen molar-refractivity contribution in [3.8, 4) is 11.5 Å². The molecule has 8 heteroatoms. The highest BCUT2D eigenvalue weighted by atomic mass is 19.1. The molecule has 1 saturated heterocycles. The van der Waals surface area contributed by atoms with Crippen LogP contribution in [0.4, 0.5) is 10.1 Å². The first-order valence-electron chi connectivity index (χ1n) is 10.6. The molecule has 0 radical (unpaired) electrons. The minimum atomic E-state index is -0.998. The number of methoxy groups -OCH3 is 2. The maximum atomic E-state index is 14.9. The molecule has 0 saturated carbocycles. The molecule has 1 atom stereocenters. The van der Waals surface area contributed by atoms with Gasteiger partial charge in [-0.05, 0) is 12.1 Å². The maximum absolute atomic E-state index is 14.9. The lowest BCUT2D eigenvalue weighted by Gasteiger charge is -2.37. The summed E-state index contributed by atoms with van der Waals surface area (Å²) in [5.41, 5.74) is 2.06. The summed E-state index contributed by atoms with van der Waals surface area (Å²) in [4.78, 5) is 8.57. The van der Waals surface area contributed by atoms with Gasteiger partial charge in [0.2, 0.25) is 0 Å². The summed E-state index contributed by atoms with van der Waals surface area (Å²) < 4.78 is 27.5. The summed E-state index contributed by atoms with van der Waals surface area (Å²) in [6.07, 6.45) is 2.40. The molecule has 3 aromatic rings. The van der Waals surface area contributed by atoms with Gasteiger partial charge in [-0.2, -0.15) is 0 Å². The van der Waals surface area contributed by atoms with E-state index in [2.05, 4.69) is 9.88 Å². The topological polar surface area (TPSA) is 63.0 Å². The van der Waals surface area contributed by atoms with Gasteiger partial charge in [0.05, 0.1) is 19.9 Å². The normalized spacial score (nSPS) is 15.6. The van der Waals surface area contributed by atoms with Crippen molar-refractivity contribution in [3.05, 3.63) is 71.6 Å². The number of ether oxygens (including phenoxy) is 2. The zero-order chi connectivity index (χ0) is 22.7. The third-order valence-corrected chi connectivity index (χ3v) is 5.99. The lowest BCUT2D eigenvalue weighted by atomic mass is 10.0. The monoisotopic (exact) mass is 440 g/mol. The highest BCUT2D eigenvalue weighted by Crippen LogP contribution is 2.33. The van der Waals surface area contributed by atoms with E-state index in [0.717, 1.165) is 36.7 Å². The number of aryl methyl sites for hydroxylation is 1. The third-order valence-electron chi connectivity index (χ3n) is 5.99. The van der Waals surface area contributed by atoms with E-state index >= 15 is 0 Å². The molecule has 4 rings (SSSR count). The molecule has 170 valence electrons. The molecule has 0 spiro atoms. The Morgan fingerprint density at radius 2 is 1.88 bits per heavy atom. The van der Waals surface area contributed by atoms with E-state index < -0.39 is 6.10 Å². The molecular weight excluding hydrogens is 411 g/mol. The lowest BCUT2D eigenvalue weighted by Crippen LogP contribution is -2.46. The number of rotatable bonds is 7. The Morgan fingerprint density at radius 1 is 1.09 bits per heavy atom. The molecule has 0 aliphatic carbocycles. The second kappa shape index (κ2) is 9.58. The van der Waals surface area contributed by atoms with Crippen LogP contribution in [0, 0.1) is 5.82 Å². The molecule has 2 aromatic carbocycles. The summed E-state index contributed by atoms with van der Waals surface area (Å²) in [7, 11) is 5.11. The lowest BCUT2D eigenvalue weighted by molar-refractivity contribution is 0.205. The smallest absolute Gasteiger partial charge is 0.146 e. The fourth-order valence-corrected chi connectivity index (χ4v) is 4.22. The van der Waals surface area contributed by atoms with Gasteiger partial charge in [-0.1, -0.05) is 18.2 Å². The van der Waals surface area contributed by atoms with Crippen LogP contribution < -0.4 is 14.4 Å². The molecule has 0 amide bonds. The second-order valence-electron chi connectivity index (χ2n) is 7.92.